The molecule has 250 valence electrons. The van der Waals surface area contributed by atoms with Crippen molar-refractivity contribution in [2.24, 2.45) is 53.3 Å². The molecule has 0 amide bonds. The van der Waals surface area contributed by atoms with Crippen molar-refractivity contribution < 1.29 is 24.2 Å². The standard InChI is InChI=1S/C35H60N4O5.Mg/c1-8-20-16(3)23-12-25-18(5)22(10-11-29(40)41)32(38-25)31-33-30(34(42)35(31)44-15-43-7)19(6)26(39-33)14-28-21(9-2)17(4)24(37-28)13-27(20)36-23;/h16-28,30-33,35-39H,8-15H2,1-7H3,(H,40,41);/q;+2. The van der Waals surface area contributed by atoms with Crippen LogP contribution in [0.4, 0.5) is 0 Å². The SMILES string of the molecule is CCC1C2CC3NC(CC4NC5C(C(=O)C(OCOC)C5C5NC(CC(N2)C1C)C(C)C5CCC(=O)O)C4C)C(CC)C3C.[Mg+2]. The van der Waals surface area contributed by atoms with Crippen molar-refractivity contribution in [3.05, 3.63) is 0 Å². The van der Waals surface area contributed by atoms with Gasteiger partial charge in [-0.25, -0.2) is 0 Å². The summed E-state index contributed by atoms with van der Waals surface area (Å²) in [5, 5.41) is 26.2. The van der Waals surface area contributed by atoms with E-state index >= 15 is 0 Å². The first-order chi connectivity index (χ1) is 21.1. The molecule has 18 unspecified atom stereocenters. The predicted octanol–water partition coefficient (Wildman–Crippen LogP) is 3.03. The quantitative estimate of drug-likeness (QED) is 0.201. The molecule has 5 heterocycles. The van der Waals surface area contributed by atoms with Crippen LogP contribution in [0.15, 0.2) is 0 Å². The van der Waals surface area contributed by atoms with E-state index in [4.69, 9.17) is 9.47 Å². The third kappa shape index (κ3) is 6.42. The number of nitrogens with one attached hydrogen (secondary N) is 4. The normalized spacial score (nSPS) is 50.6. The maximum atomic E-state index is 14.2. The van der Waals surface area contributed by atoms with Crippen LogP contribution in [0.3, 0.4) is 0 Å². The minimum atomic E-state index is -0.750. The summed E-state index contributed by atoms with van der Waals surface area (Å²) in [5.74, 6) is 2.44. The molecule has 0 aromatic carbocycles. The van der Waals surface area contributed by atoms with Crippen molar-refractivity contribution in [3.63, 3.8) is 0 Å². The van der Waals surface area contributed by atoms with E-state index in [0.717, 1.165) is 12.8 Å². The average Bonchev–Trinajstić information content (AvgIpc) is 3.72. The second-order valence-electron chi connectivity index (χ2n) is 15.7. The van der Waals surface area contributed by atoms with Crippen LogP contribution in [-0.2, 0) is 19.1 Å². The van der Waals surface area contributed by atoms with Crippen LogP contribution in [-0.4, -0.2) is 108 Å². The Labute approximate surface area is 287 Å². The number of carbonyl (C=O) groups excluding carboxylic acids is 1. The Balaban J connectivity index is 0.00000400. The number of fused-ring (bicyclic) bond motifs is 8. The van der Waals surface area contributed by atoms with E-state index in [2.05, 4.69) is 62.8 Å². The molecule has 9 nitrogen and oxygen atoms in total. The van der Waals surface area contributed by atoms with Gasteiger partial charge in [0.1, 0.15) is 12.9 Å². The van der Waals surface area contributed by atoms with E-state index in [0.29, 0.717) is 60.2 Å². The van der Waals surface area contributed by atoms with E-state index in [1.54, 1.807) is 7.11 Å². The van der Waals surface area contributed by atoms with E-state index < -0.39 is 12.1 Å². The number of carboxylic acid groups (broad SMARTS) is 1. The topological polar surface area (TPSA) is 121 Å². The number of methoxy groups -OCH3 is 1. The molecule has 1 aliphatic carbocycles. The van der Waals surface area contributed by atoms with Gasteiger partial charge in [-0.15, -0.1) is 0 Å². The molecule has 1 saturated carbocycles. The molecule has 5 aliphatic heterocycles. The summed E-state index contributed by atoms with van der Waals surface area (Å²) < 4.78 is 11.6. The van der Waals surface area contributed by atoms with Crippen LogP contribution in [0.1, 0.15) is 86.5 Å². The molecule has 6 fully saturated rings. The number of ketones is 1. The number of aliphatic carboxylic acids is 1. The predicted molar refractivity (Wildman–Crippen MR) is 176 cm³/mol. The number of carbonyl (C=O) groups is 2. The summed E-state index contributed by atoms with van der Waals surface area (Å²) in [4.78, 5) is 26.1. The molecule has 0 aromatic heterocycles. The number of carboxylic acids is 1. The first-order valence-corrected chi connectivity index (χ1v) is 18.0. The summed E-state index contributed by atoms with van der Waals surface area (Å²) in [6.45, 7) is 14.3. The Kier molecular flexibility index (Phi) is 11.7. The van der Waals surface area contributed by atoms with Crippen molar-refractivity contribution in [3.8, 4) is 0 Å². The van der Waals surface area contributed by atoms with E-state index in [-0.39, 0.29) is 89.9 Å². The van der Waals surface area contributed by atoms with Gasteiger partial charge >= 0.3 is 29.0 Å². The van der Waals surface area contributed by atoms with E-state index in [1.807, 2.05) is 0 Å². The largest absolute Gasteiger partial charge is 2.00 e. The van der Waals surface area contributed by atoms with Crippen molar-refractivity contribution in [2.75, 3.05) is 13.9 Å². The van der Waals surface area contributed by atoms with Gasteiger partial charge in [-0.05, 0) is 67.1 Å². The van der Waals surface area contributed by atoms with Crippen molar-refractivity contribution >= 4 is 34.8 Å². The minimum absolute atomic E-state index is 0. The molecule has 18 atom stereocenters. The smallest absolute Gasteiger partial charge is 0.481 e. The van der Waals surface area contributed by atoms with E-state index in [9.17, 15) is 14.7 Å². The fourth-order valence-corrected chi connectivity index (χ4v) is 11.6. The molecule has 6 rings (SSSR count). The van der Waals surface area contributed by atoms with Gasteiger partial charge in [0, 0.05) is 73.7 Å². The number of hydrogen-bond acceptors (Lipinski definition) is 8. The Hall–Kier alpha value is -0.334. The Morgan fingerprint density at radius 3 is 1.78 bits per heavy atom. The number of Topliss-reactive ketones (excluding diaryl/α,β-unsaturated/α-hetero) is 1. The summed E-state index contributed by atoms with van der Waals surface area (Å²) in [7, 11) is 1.61. The maximum Gasteiger partial charge on any atom is 2.00 e. The Morgan fingerprint density at radius 1 is 0.756 bits per heavy atom. The maximum absolute atomic E-state index is 14.2. The van der Waals surface area contributed by atoms with Gasteiger partial charge < -0.3 is 35.8 Å². The van der Waals surface area contributed by atoms with Gasteiger partial charge in [0.15, 0.2) is 5.78 Å². The van der Waals surface area contributed by atoms with Crippen molar-refractivity contribution in [1.29, 1.82) is 0 Å². The number of hydrogen-bond donors (Lipinski definition) is 5. The first-order valence-electron chi connectivity index (χ1n) is 18.0. The van der Waals surface area contributed by atoms with E-state index in [1.165, 1.54) is 19.3 Å². The second-order valence-corrected chi connectivity index (χ2v) is 15.7. The van der Waals surface area contributed by atoms with Gasteiger partial charge in [-0.2, -0.15) is 0 Å². The van der Waals surface area contributed by atoms with Crippen molar-refractivity contribution in [1.82, 2.24) is 21.3 Å². The zero-order valence-electron chi connectivity index (χ0n) is 28.8. The molecule has 0 spiro atoms. The molecular formula is C35H60MgN4O5+2. The minimum Gasteiger partial charge on any atom is -0.481 e. The summed E-state index contributed by atoms with van der Waals surface area (Å²) in [6, 6.07) is 2.40. The molecule has 5 N–H and O–H groups in total. The van der Waals surface area contributed by atoms with Gasteiger partial charge in [0.2, 0.25) is 0 Å². The third-order valence-electron chi connectivity index (χ3n) is 14.0. The Bertz CT molecular complexity index is 1050. The monoisotopic (exact) mass is 640 g/mol. The summed E-state index contributed by atoms with van der Waals surface area (Å²) in [5.41, 5.74) is 0. The van der Waals surface area contributed by atoms with Crippen LogP contribution < -0.4 is 21.3 Å². The molecule has 0 radical (unpaired) electrons. The second kappa shape index (κ2) is 14.6. The van der Waals surface area contributed by atoms with Gasteiger partial charge in [-0.3, -0.25) is 9.59 Å². The van der Waals surface area contributed by atoms with Crippen LogP contribution in [0, 0.1) is 53.3 Å². The number of ether oxygens (including phenoxy) is 2. The summed E-state index contributed by atoms with van der Waals surface area (Å²) in [6.07, 6.45) is 5.79. The van der Waals surface area contributed by atoms with Gasteiger partial charge in [0.05, 0.1) is 0 Å². The third-order valence-corrected chi connectivity index (χ3v) is 14.0. The zero-order chi connectivity index (χ0) is 31.4. The molecule has 5 saturated heterocycles. The first kappa shape index (κ1) is 36.0. The average molecular weight is 641 g/mol. The number of rotatable bonds is 8. The molecule has 45 heavy (non-hydrogen) atoms. The van der Waals surface area contributed by atoms with Crippen LogP contribution in [0.25, 0.3) is 0 Å². The zero-order valence-corrected chi connectivity index (χ0v) is 30.3. The molecule has 10 heteroatoms. The van der Waals surface area contributed by atoms with Gasteiger partial charge in [0.25, 0.3) is 0 Å². The van der Waals surface area contributed by atoms with Gasteiger partial charge in [-0.1, -0.05) is 54.4 Å². The molecule has 0 aromatic rings. The molecule has 6 aliphatic rings. The molecule has 8 bridgehead atoms. The van der Waals surface area contributed by atoms with Crippen molar-refractivity contribution in [2.45, 2.75) is 141 Å². The van der Waals surface area contributed by atoms with Crippen LogP contribution >= 0.6 is 0 Å². The van der Waals surface area contributed by atoms with Crippen LogP contribution in [0.2, 0.25) is 0 Å². The molecular weight excluding hydrogens is 581 g/mol. The fourth-order valence-electron chi connectivity index (χ4n) is 11.6. The fraction of sp³-hybridized carbons (Fsp3) is 0.943. The Morgan fingerprint density at radius 2 is 1.24 bits per heavy atom. The summed E-state index contributed by atoms with van der Waals surface area (Å²) >= 11 is 0. The van der Waals surface area contributed by atoms with Crippen LogP contribution in [0.5, 0.6) is 0 Å².